The molecule has 0 amide bonds. The normalized spacial score (nSPS) is 20.8. The zero-order valence-corrected chi connectivity index (χ0v) is 21.7. The Morgan fingerprint density at radius 3 is 2.32 bits per heavy atom. The van der Waals surface area contributed by atoms with E-state index < -0.39 is 40.8 Å². The smallest absolute Gasteiger partial charge is 0.326 e. The molecule has 5 rings (SSSR count). The monoisotopic (exact) mass is 591 g/mol. The Morgan fingerprint density at radius 2 is 1.68 bits per heavy atom. The second-order valence-electron chi connectivity index (χ2n) is 9.40. The molecule has 0 bridgehead atoms. The molecule has 0 radical (unpaired) electrons. The molecule has 2 atom stereocenters. The lowest BCUT2D eigenvalue weighted by atomic mass is 9.81. The molecule has 41 heavy (non-hydrogen) atoms. The Kier molecular flexibility index (Phi) is 7.37. The van der Waals surface area contributed by atoms with E-state index in [0.717, 1.165) is 6.29 Å². The van der Waals surface area contributed by atoms with E-state index >= 15 is 0 Å². The van der Waals surface area contributed by atoms with Gasteiger partial charge in [-0.25, -0.2) is 4.68 Å². The third-order valence-corrected chi connectivity index (χ3v) is 7.34. The number of pyridine rings is 1. The number of carbonyl (C=O) groups is 1. The maximum absolute atomic E-state index is 13.5. The fourth-order valence-corrected chi connectivity index (χ4v) is 5.04. The van der Waals surface area contributed by atoms with Gasteiger partial charge in [-0.3, -0.25) is 4.98 Å². The molecule has 0 saturated heterocycles. The number of benzene rings is 1. The summed E-state index contributed by atoms with van der Waals surface area (Å²) in [6.07, 6.45) is 5.78. The first-order valence-corrected chi connectivity index (χ1v) is 12.5. The molecule has 6 nitrogen and oxygen atoms in total. The SMILES string of the molecule is O=CC1C=CC=CC1(Cl)C1=CC=CN(c2nnn(Cc3cc(C(F)(F)F)cc(C(F)(F)F)c3)c2-c2ccncc2)C1. The number of rotatable bonds is 6. The summed E-state index contributed by atoms with van der Waals surface area (Å²) in [5.41, 5.74) is -1.58. The number of carbonyl (C=O) groups excluding carboxylic acids is 1. The summed E-state index contributed by atoms with van der Waals surface area (Å²) in [5.74, 6) is -0.354. The first kappa shape index (κ1) is 28.3. The molecule has 13 heteroatoms. The van der Waals surface area contributed by atoms with Gasteiger partial charge in [0.25, 0.3) is 0 Å². The minimum absolute atomic E-state index is 0.0793. The molecule has 3 heterocycles. The molecule has 0 spiro atoms. The Balaban J connectivity index is 1.55. The molecule has 3 aromatic rings. The molecule has 0 N–H and O–H groups in total. The van der Waals surface area contributed by atoms with Crippen LogP contribution in [-0.4, -0.2) is 37.7 Å². The molecule has 212 valence electrons. The molecular weight excluding hydrogens is 572 g/mol. The number of hydrogen-bond acceptors (Lipinski definition) is 5. The van der Waals surface area contributed by atoms with Crippen molar-refractivity contribution in [2.24, 2.45) is 5.92 Å². The minimum atomic E-state index is -4.99. The van der Waals surface area contributed by atoms with E-state index in [0.29, 0.717) is 29.0 Å². The highest BCUT2D eigenvalue weighted by atomic mass is 35.5. The first-order valence-electron chi connectivity index (χ1n) is 12.2. The second-order valence-corrected chi connectivity index (χ2v) is 10.0. The van der Waals surface area contributed by atoms with Gasteiger partial charge in [0.05, 0.1) is 28.5 Å². The molecule has 0 fully saturated rings. The lowest BCUT2D eigenvalue weighted by Gasteiger charge is -2.35. The van der Waals surface area contributed by atoms with Crippen molar-refractivity contribution in [3.63, 3.8) is 0 Å². The molecule has 2 unspecified atom stereocenters. The average Bonchev–Trinajstić information content (AvgIpc) is 3.36. The van der Waals surface area contributed by atoms with Crippen molar-refractivity contribution in [1.82, 2.24) is 20.0 Å². The summed E-state index contributed by atoms with van der Waals surface area (Å²) in [6.45, 7) is -0.251. The van der Waals surface area contributed by atoms with Gasteiger partial charge < -0.3 is 9.69 Å². The van der Waals surface area contributed by atoms with Crippen LogP contribution in [0, 0.1) is 5.92 Å². The Labute approximate surface area is 234 Å². The number of halogens is 7. The van der Waals surface area contributed by atoms with Crippen LogP contribution >= 0.6 is 11.6 Å². The van der Waals surface area contributed by atoms with E-state index in [1.807, 2.05) is 0 Å². The van der Waals surface area contributed by atoms with Crippen LogP contribution < -0.4 is 4.90 Å². The van der Waals surface area contributed by atoms with Crippen LogP contribution in [0.4, 0.5) is 32.2 Å². The van der Waals surface area contributed by atoms with Crippen LogP contribution in [0.1, 0.15) is 16.7 Å². The van der Waals surface area contributed by atoms with Gasteiger partial charge in [-0.15, -0.1) is 16.7 Å². The fourth-order valence-electron chi connectivity index (χ4n) is 4.72. The van der Waals surface area contributed by atoms with Crippen molar-refractivity contribution in [3.05, 3.63) is 108 Å². The predicted octanol–water partition coefficient (Wildman–Crippen LogP) is 6.60. The molecule has 1 aliphatic carbocycles. The Hall–Kier alpha value is -4.19. The largest absolute Gasteiger partial charge is 0.416 e. The maximum atomic E-state index is 13.5. The lowest BCUT2D eigenvalue weighted by Crippen LogP contribution is -2.39. The van der Waals surface area contributed by atoms with Crippen LogP contribution in [0.5, 0.6) is 0 Å². The highest BCUT2D eigenvalue weighted by Crippen LogP contribution is 2.41. The third-order valence-electron chi connectivity index (χ3n) is 6.72. The number of aromatic nitrogens is 4. The van der Waals surface area contributed by atoms with E-state index in [4.69, 9.17) is 11.6 Å². The number of hydrogen-bond donors (Lipinski definition) is 0. The molecule has 2 aliphatic rings. The van der Waals surface area contributed by atoms with Gasteiger partial charge in [0.1, 0.15) is 12.0 Å². The van der Waals surface area contributed by atoms with Crippen molar-refractivity contribution in [2.75, 3.05) is 11.4 Å². The number of allylic oxidation sites excluding steroid dienone is 6. The van der Waals surface area contributed by atoms with Crippen molar-refractivity contribution < 1.29 is 31.1 Å². The van der Waals surface area contributed by atoms with Crippen molar-refractivity contribution in [2.45, 2.75) is 23.8 Å². The van der Waals surface area contributed by atoms with Gasteiger partial charge in [0.15, 0.2) is 5.82 Å². The summed E-state index contributed by atoms with van der Waals surface area (Å²) in [7, 11) is 0. The predicted molar refractivity (Wildman–Crippen MR) is 140 cm³/mol. The van der Waals surface area contributed by atoms with Crippen LogP contribution in [0.15, 0.2) is 91.0 Å². The zero-order chi connectivity index (χ0) is 29.4. The molecule has 1 aliphatic heterocycles. The van der Waals surface area contributed by atoms with Gasteiger partial charge in [-0.1, -0.05) is 35.6 Å². The van der Waals surface area contributed by atoms with E-state index in [1.165, 1.54) is 17.1 Å². The van der Waals surface area contributed by atoms with Gasteiger partial charge in [-0.05, 0) is 47.5 Å². The zero-order valence-electron chi connectivity index (χ0n) is 20.9. The third kappa shape index (κ3) is 5.69. The second kappa shape index (κ2) is 10.7. The topological polar surface area (TPSA) is 63.9 Å². The van der Waals surface area contributed by atoms with Gasteiger partial charge in [0.2, 0.25) is 0 Å². The highest BCUT2D eigenvalue weighted by molar-refractivity contribution is 6.29. The quantitative estimate of drug-likeness (QED) is 0.184. The molecular formula is C28H20ClF6N5O. The highest BCUT2D eigenvalue weighted by Gasteiger charge is 2.40. The van der Waals surface area contributed by atoms with Crippen molar-refractivity contribution in [1.29, 1.82) is 0 Å². The standard InChI is InChI=1S/C28H20ClF6N5O/c29-26(8-2-1-4-21(26)17-41)20-5-3-11-39(16-20)25-24(19-6-9-36-10-7-19)40(38-37-25)15-18-12-22(27(30,31)32)14-23(13-18)28(33,34)35/h1-14,17,21H,15-16H2. The number of alkyl halides is 7. The van der Waals surface area contributed by atoms with Crippen molar-refractivity contribution >= 4 is 23.7 Å². The fraction of sp³-hybridized carbons (Fsp3) is 0.214. The van der Waals surface area contributed by atoms with E-state index in [2.05, 4.69) is 15.3 Å². The number of nitrogens with zero attached hydrogens (tertiary/aromatic N) is 5. The van der Waals surface area contributed by atoms with Crippen LogP contribution in [0.3, 0.4) is 0 Å². The van der Waals surface area contributed by atoms with Crippen LogP contribution in [-0.2, 0) is 23.7 Å². The van der Waals surface area contributed by atoms with Gasteiger partial charge in [0, 0.05) is 30.7 Å². The van der Waals surface area contributed by atoms with Gasteiger partial charge >= 0.3 is 12.4 Å². The first-order chi connectivity index (χ1) is 19.4. The molecule has 0 saturated carbocycles. The van der Waals surface area contributed by atoms with Crippen LogP contribution in [0.2, 0.25) is 0 Å². The van der Waals surface area contributed by atoms with E-state index in [1.54, 1.807) is 59.7 Å². The molecule has 1 aromatic carbocycles. The molecule has 2 aromatic heterocycles. The summed E-state index contributed by atoms with van der Waals surface area (Å²) in [4.78, 5) is 16.3. The summed E-state index contributed by atoms with van der Waals surface area (Å²) in [6, 6.07) is 4.64. The van der Waals surface area contributed by atoms with Gasteiger partial charge in [-0.2, -0.15) is 26.3 Å². The summed E-state index contributed by atoms with van der Waals surface area (Å²) < 4.78 is 82.1. The average molecular weight is 592 g/mol. The maximum Gasteiger partial charge on any atom is 0.416 e. The minimum Gasteiger partial charge on any atom is -0.326 e. The van der Waals surface area contributed by atoms with E-state index in [-0.39, 0.29) is 24.0 Å². The Morgan fingerprint density at radius 1 is 1.00 bits per heavy atom. The number of aldehydes is 1. The summed E-state index contributed by atoms with van der Waals surface area (Å²) >= 11 is 6.91. The lowest BCUT2D eigenvalue weighted by molar-refractivity contribution is -0.143. The Bertz CT molecular complexity index is 1540. The van der Waals surface area contributed by atoms with Crippen molar-refractivity contribution in [3.8, 4) is 11.3 Å². The van der Waals surface area contributed by atoms with E-state index in [9.17, 15) is 31.1 Å². The summed E-state index contributed by atoms with van der Waals surface area (Å²) in [5, 5.41) is 8.35. The van der Waals surface area contributed by atoms with Crippen LogP contribution in [0.25, 0.3) is 11.3 Å². The number of anilines is 1.